The molecule has 2 heterocycles. The van der Waals surface area contributed by atoms with Gasteiger partial charge >= 0.3 is 0 Å². The van der Waals surface area contributed by atoms with Crippen molar-refractivity contribution in [2.24, 2.45) is 0 Å². The highest BCUT2D eigenvalue weighted by Gasteiger charge is 1.98. The molecule has 0 saturated heterocycles. The van der Waals surface area contributed by atoms with Crippen molar-refractivity contribution in [1.29, 1.82) is 0 Å². The van der Waals surface area contributed by atoms with Crippen molar-refractivity contribution in [3.8, 4) is 0 Å². The molecule has 2 aromatic heterocycles. The molecule has 4 rings (SSSR count). The second-order valence-corrected chi connectivity index (χ2v) is 7.46. The molecule has 154 valence electrons. The molecule has 0 spiro atoms. The Morgan fingerprint density at radius 3 is 1.33 bits per heavy atom. The molecule has 0 atom stereocenters. The fourth-order valence-electron chi connectivity index (χ4n) is 3.35. The monoisotopic (exact) mass is 400 g/mol. The Morgan fingerprint density at radius 1 is 0.567 bits per heavy atom. The lowest BCUT2D eigenvalue weighted by Gasteiger charge is -2.09. The first kappa shape index (κ1) is 20.1. The highest BCUT2D eigenvalue weighted by atomic mass is 15.0. The van der Waals surface area contributed by atoms with E-state index in [2.05, 4.69) is 78.3 Å². The number of benzene rings is 2. The lowest BCUT2D eigenvalue weighted by atomic mass is 10.1. The van der Waals surface area contributed by atoms with Crippen molar-refractivity contribution in [3.63, 3.8) is 0 Å². The summed E-state index contributed by atoms with van der Waals surface area (Å²) in [7, 11) is 0. The SMILES string of the molecule is c1cn(Cc2ccc(CNCCNCc3ccc(Cn4ccnc4)cc3)cc2)cn1. The molecule has 0 bridgehead atoms. The van der Waals surface area contributed by atoms with Gasteiger partial charge in [0.05, 0.1) is 12.7 Å². The van der Waals surface area contributed by atoms with Gasteiger partial charge < -0.3 is 19.8 Å². The topological polar surface area (TPSA) is 59.7 Å². The van der Waals surface area contributed by atoms with Crippen LogP contribution in [0.2, 0.25) is 0 Å². The average molecular weight is 401 g/mol. The van der Waals surface area contributed by atoms with Gasteiger partial charge in [0.2, 0.25) is 0 Å². The minimum Gasteiger partial charge on any atom is -0.333 e. The van der Waals surface area contributed by atoms with E-state index in [0.29, 0.717) is 0 Å². The van der Waals surface area contributed by atoms with Crippen molar-refractivity contribution in [3.05, 3.63) is 108 Å². The number of imidazole rings is 2. The largest absolute Gasteiger partial charge is 0.333 e. The van der Waals surface area contributed by atoms with Gasteiger partial charge in [0.15, 0.2) is 0 Å². The Balaban J connectivity index is 1.10. The molecule has 0 aliphatic rings. The van der Waals surface area contributed by atoms with E-state index < -0.39 is 0 Å². The van der Waals surface area contributed by atoms with E-state index in [1.54, 1.807) is 0 Å². The third kappa shape index (κ3) is 6.14. The summed E-state index contributed by atoms with van der Waals surface area (Å²) in [4.78, 5) is 8.16. The number of aromatic nitrogens is 4. The van der Waals surface area contributed by atoms with Gasteiger partial charge in [-0.3, -0.25) is 0 Å². The molecule has 6 heteroatoms. The number of hydrogen-bond acceptors (Lipinski definition) is 4. The van der Waals surface area contributed by atoms with E-state index in [4.69, 9.17) is 0 Å². The number of nitrogens with one attached hydrogen (secondary N) is 2. The summed E-state index contributed by atoms with van der Waals surface area (Å²) in [6, 6.07) is 17.5. The number of rotatable bonds is 11. The van der Waals surface area contributed by atoms with Gasteiger partial charge in [0.1, 0.15) is 0 Å². The Hall–Kier alpha value is -3.22. The van der Waals surface area contributed by atoms with Crippen LogP contribution in [0, 0.1) is 0 Å². The van der Waals surface area contributed by atoms with Crippen molar-refractivity contribution in [2.75, 3.05) is 13.1 Å². The second-order valence-electron chi connectivity index (χ2n) is 7.46. The summed E-state index contributed by atoms with van der Waals surface area (Å²) in [5, 5.41) is 7.00. The number of hydrogen-bond donors (Lipinski definition) is 2. The third-order valence-electron chi connectivity index (χ3n) is 5.03. The summed E-state index contributed by atoms with van der Waals surface area (Å²) in [6.45, 7) is 5.38. The Kier molecular flexibility index (Phi) is 7.04. The molecule has 0 amide bonds. The highest BCUT2D eigenvalue weighted by Crippen LogP contribution is 2.07. The van der Waals surface area contributed by atoms with E-state index in [1.807, 2.05) is 37.4 Å². The summed E-state index contributed by atoms with van der Waals surface area (Å²) in [6.07, 6.45) is 11.3. The predicted molar refractivity (Wildman–Crippen MR) is 119 cm³/mol. The Labute approximate surface area is 177 Å². The van der Waals surface area contributed by atoms with E-state index in [-0.39, 0.29) is 0 Å². The Morgan fingerprint density at radius 2 is 0.967 bits per heavy atom. The highest BCUT2D eigenvalue weighted by molar-refractivity contribution is 5.23. The van der Waals surface area contributed by atoms with Crippen molar-refractivity contribution >= 4 is 0 Å². The zero-order chi connectivity index (χ0) is 20.4. The van der Waals surface area contributed by atoms with E-state index in [9.17, 15) is 0 Å². The minimum absolute atomic E-state index is 0.863. The molecule has 30 heavy (non-hydrogen) atoms. The molecular weight excluding hydrogens is 372 g/mol. The van der Waals surface area contributed by atoms with Crippen LogP contribution in [0.4, 0.5) is 0 Å². The Bertz CT molecular complexity index is 890. The van der Waals surface area contributed by atoms with Crippen LogP contribution in [0.25, 0.3) is 0 Å². The van der Waals surface area contributed by atoms with Crippen LogP contribution in [0.1, 0.15) is 22.3 Å². The zero-order valence-electron chi connectivity index (χ0n) is 17.1. The molecule has 0 saturated carbocycles. The van der Waals surface area contributed by atoms with Gasteiger partial charge in [-0.1, -0.05) is 48.5 Å². The molecular formula is C24H28N6. The molecule has 0 radical (unpaired) electrons. The van der Waals surface area contributed by atoms with Gasteiger partial charge in [-0.2, -0.15) is 0 Å². The smallest absolute Gasteiger partial charge is 0.0949 e. The van der Waals surface area contributed by atoms with Gasteiger partial charge in [-0.15, -0.1) is 0 Å². The van der Waals surface area contributed by atoms with Gasteiger partial charge in [-0.05, 0) is 22.3 Å². The van der Waals surface area contributed by atoms with Crippen LogP contribution in [0.5, 0.6) is 0 Å². The van der Waals surface area contributed by atoms with Crippen LogP contribution < -0.4 is 10.6 Å². The molecule has 0 unspecified atom stereocenters. The maximum absolute atomic E-state index is 4.08. The van der Waals surface area contributed by atoms with Crippen molar-refractivity contribution < 1.29 is 0 Å². The first-order valence-corrected chi connectivity index (χ1v) is 10.3. The van der Waals surface area contributed by atoms with Crippen LogP contribution in [0.3, 0.4) is 0 Å². The molecule has 0 fully saturated rings. The first-order valence-electron chi connectivity index (χ1n) is 10.3. The van der Waals surface area contributed by atoms with Gasteiger partial charge in [-0.25, -0.2) is 9.97 Å². The quantitative estimate of drug-likeness (QED) is 0.380. The van der Waals surface area contributed by atoms with Crippen molar-refractivity contribution in [1.82, 2.24) is 29.7 Å². The molecule has 6 nitrogen and oxygen atoms in total. The van der Waals surface area contributed by atoms with E-state index in [1.165, 1.54) is 22.3 Å². The summed E-state index contributed by atoms with van der Waals surface area (Å²) >= 11 is 0. The summed E-state index contributed by atoms with van der Waals surface area (Å²) in [5.74, 6) is 0. The number of nitrogens with zero attached hydrogens (tertiary/aromatic N) is 4. The van der Waals surface area contributed by atoms with Gasteiger partial charge in [0.25, 0.3) is 0 Å². The standard InChI is InChI=1S/C24H28N6/c1-5-23(17-29-13-11-27-19-29)6-2-21(1)15-25-9-10-26-16-22-3-7-24(8-4-22)18-30-14-12-28-20-30/h1-8,11-14,19-20,25-26H,9-10,15-18H2. The first-order chi connectivity index (χ1) is 14.8. The lowest BCUT2D eigenvalue weighted by molar-refractivity contribution is 0.611. The van der Waals surface area contributed by atoms with Crippen LogP contribution >= 0.6 is 0 Å². The summed E-state index contributed by atoms with van der Waals surface area (Å²) < 4.78 is 4.15. The van der Waals surface area contributed by atoms with Crippen LogP contribution in [-0.4, -0.2) is 32.2 Å². The lowest BCUT2D eigenvalue weighted by Crippen LogP contribution is -2.26. The van der Waals surface area contributed by atoms with E-state index >= 15 is 0 Å². The maximum Gasteiger partial charge on any atom is 0.0949 e. The normalized spacial score (nSPS) is 11.1. The molecule has 0 aliphatic carbocycles. The second kappa shape index (κ2) is 10.5. The van der Waals surface area contributed by atoms with Gasteiger partial charge in [0, 0.05) is 64.1 Å². The zero-order valence-corrected chi connectivity index (χ0v) is 17.1. The predicted octanol–water partition coefficient (Wildman–Crippen LogP) is 3.06. The van der Waals surface area contributed by atoms with Crippen LogP contribution in [-0.2, 0) is 26.2 Å². The third-order valence-corrected chi connectivity index (χ3v) is 5.03. The fourth-order valence-corrected chi connectivity index (χ4v) is 3.35. The minimum atomic E-state index is 0.863. The van der Waals surface area contributed by atoms with Crippen LogP contribution in [0.15, 0.2) is 86.0 Å². The van der Waals surface area contributed by atoms with E-state index in [0.717, 1.165) is 39.3 Å². The molecule has 2 N–H and O–H groups in total. The maximum atomic E-state index is 4.08. The molecule has 2 aromatic carbocycles. The fraction of sp³-hybridized carbons (Fsp3) is 0.250. The molecule has 0 aliphatic heterocycles. The van der Waals surface area contributed by atoms with Crippen molar-refractivity contribution in [2.45, 2.75) is 26.2 Å². The summed E-state index contributed by atoms with van der Waals surface area (Å²) in [5.41, 5.74) is 5.18. The average Bonchev–Trinajstić information content (AvgIpc) is 3.47. The molecule has 4 aromatic rings.